The average Bonchev–Trinajstić information content (AvgIpc) is 2.62. The molecular weight excluding hydrogens is 221 g/mol. The van der Waals surface area contributed by atoms with E-state index in [4.69, 9.17) is 23.2 Å². The van der Waals surface area contributed by atoms with Crippen LogP contribution in [0.5, 0.6) is 0 Å². The van der Waals surface area contributed by atoms with Crippen LogP contribution in [0, 0.1) is 0 Å². The second kappa shape index (κ2) is 4.15. The zero-order chi connectivity index (χ0) is 9.97. The van der Waals surface area contributed by atoms with Crippen molar-refractivity contribution in [3.63, 3.8) is 0 Å². The fourth-order valence-electron chi connectivity index (χ4n) is 1.29. The summed E-state index contributed by atoms with van der Waals surface area (Å²) < 4.78 is 1.77. The second-order valence-corrected chi connectivity index (χ2v) is 3.94. The fourth-order valence-corrected chi connectivity index (χ4v) is 1.52. The van der Waals surface area contributed by atoms with Crippen molar-refractivity contribution in [3.05, 3.63) is 24.3 Å². The molecule has 1 aromatic carbocycles. The molecule has 0 fully saturated rings. The molecule has 1 unspecified atom stereocenters. The number of aromatic nitrogens is 3. The molecule has 0 bridgehead atoms. The highest BCUT2D eigenvalue weighted by Crippen LogP contribution is 2.11. The molecule has 1 aromatic heterocycles. The Morgan fingerprint density at radius 2 is 2.14 bits per heavy atom. The number of halogens is 2. The molecule has 0 saturated heterocycles. The van der Waals surface area contributed by atoms with Gasteiger partial charge in [0.2, 0.25) is 0 Å². The summed E-state index contributed by atoms with van der Waals surface area (Å²) in [5.74, 6) is 0.412. The van der Waals surface area contributed by atoms with Crippen molar-refractivity contribution in [2.45, 2.75) is 11.9 Å². The Bertz CT molecular complexity index is 427. The van der Waals surface area contributed by atoms with Gasteiger partial charge in [0.05, 0.1) is 17.4 Å². The summed E-state index contributed by atoms with van der Waals surface area (Å²) >= 11 is 11.6. The molecule has 0 aliphatic rings. The van der Waals surface area contributed by atoms with Gasteiger partial charge in [-0.05, 0) is 12.1 Å². The summed E-state index contributed by atoms with van der Waals surface area (Å²) in [4.78, 5) is 0. The van der Waals surface area contributed by atoms with E-state index in [1.165, 1.54) is 0 Å². The van der Waals surface area contributed by atoms with Crippen LogP contribution in [-0.4, -0.2) is 26.3 Å². The predicted octanol–water partition coefficient (Wildman–Crippen LogP) is 2.28. The number of nitrogens with zero attached hydrogens (tertiary/aromatic N) is 3. The smallest absolute Gasteiger partial charge is 0.113 e. The van der Waals surface area contributed by atoms with E-state index in [0.717, 1.165) is 11.0 Å². The van der Waals surface area contributed by atoms with E-state index in [-0.39, 0.29) is 5.38 Å². The van der Waals surface area contributed by atoms with E-state index in [9.17, 15) is 0 Å². The van der Waals surface area contributed by atoms with Crippen LogP contribution in [0.25, 0.3) is 11.0 Å². The number of hydrogen-bond donors (Lipinski definition) is 0. The van der Waals surface area contributed by atoms with Gasteiger partial charge < -0.3 is 0 Å². The third-order valence-electron chi connectivity index (χ3n) is 1.96. The lowest BCUT2D eigenvalue weighted by molar-refractivity contribution is 0.602. The minimum atomic E-state index is -0.109. The summed E-state index contributed by atoms with van der Waals surface area (Å²) in [5, 5.41) is 7.91. The van der Waals surface area contributed by atoms with Gasteiger partial charge in [-0.25, -0.2) is 4.68 Å². The number of para-hydroxylation sites is 1. The molecule has 0 aliphatic carbocycles. The molecule has 2 rings (SSSR count). The quantitative estimate of drug-likeness (QED) is 0.757. The lowest BCUT2D eigenvalue weighted by atomic mass is 10.3. The van der Waals surface area contributed by atoms with Crippen LogP contribution in [0.2, 0.25) is 0 Å². The van der Waals surface area contributed by atoms with Crippen LogP contribution in [-0.2, 0) is 6.54 Å². The summed E-state index contributed by atoms with van der Waals surface area (Å²) in [6.45, 7) is 0.589. The standard InChI is InChI=1S/C9H9Cl2N3/c10-5-7(11)6-14-9-4-2-1-3-8(9)12-13-14/h1-4,7H,5-6H2. The number of rotatable bonds is 3. The van der Waals surface area contributed by atoms with Crippen molar-refractivity contribution in [3.8, 4) is 0 Å². The van der Waals surface area contributed by atoms with Crippen LogP contribution in [0.15, 0.2) is 24.3 Å². The largest absolute Gasteiger partial charge is 0.243 e. The average molecular weight is 230 g/mol. The molecule has 0 saturated carbocycles. The maximum atomic E-state index is 5.94. The highest BCUT2D eigenvalue weighted by atomic mass is 35.5. The second-order valence-electron chi connectivity index (χ2n) is 3.01. The van der Waals surface area contributed by atoms with E-state index >= 15 is 0 Å². The van der Waals surface area contributed by atoms with Crippen molar-refractivity contribution in [1.82, 2.24) is 15.0 Å². The van der Waals surface area contributed by atoms with Gasteiger partial charge in [0.15, 0.2) is 0 Å². The monoisotopic (exact) mass is 229 g/mol. The first kappa shape index (κ1) is 9.74. The topological polar surface area (TPSA) is 30.7 Å². The highest BCUT2D eigenvalue weighted by Gasteiger charge is 2.08. The third-order valence-corrected chi connectivity index (χ3v) is 2.78. The molecule has 1 heterocycles. The van der Waals surface area contributed by atoms with Gasteiger partial charge in [-0.3, -0.25) is 0 Å². The van der Waals surface area contributed by atoms with Crippen LogP contribution >= 0.6 is 23.2 Å². The first-order chi connectivity index (χ1) is 6.81. The molecule has 0 radical (unpaired) electrons. The predicted molar refractivity (Wildman–Crippen MR) is 57.9 cm³/mol. The minimum Gasteiger partial charge on any atom is -0.243 e. The lowest BCUT2D eigenvalue weighted by Gasteiger charge is -2.04. The van der Waals surface area contributed by atoms with E-state index in [1.54, 1.807) is 4.68 Å². The van der Waals surface area contributed by atoms with E-state index in [2.05, 4.69) is 10.3 Å². The van der Waals surface area contributed by atoms with E-state index in [0.29, 0.717) is 12.4 Å². The van der Waals surface area contributed by atoms with Crippen molar-refractivity contribution in [2.75, 3.05) is 5.88 Å². The number of alkyl halides is 2. The molecule has 0 aliphatic heterocycles. The molecule has 74 valence electrons. The van der Waals surface area contributed by atoms with Crippen molar-refractivity contribution < 1.29 is 0 Å². The summed E-state index contributed by atoms with van der Waals surface area (Å²) in [6, 6.07) is 7.77. The minimum absolute atomic E-state index is 0.109. The van der Waals surface area contributed by atoms with Crippen molar-refractivity contribution in [2.24, 2.45) is 0 Å². The van der Waals surface area contributed by atoms with Gasteiger partial charge in [-0.1, -0.05) is 17.3 Å². The number of benzene rings is 1. The van der Waals surface area contributed by atoms with Gasteiger partial charge in [-0.15, -0.1) is 28.3 Å². The van der Waals surface area contributed by atoms with Crippen molar-refractivity contribution in [1.29, 1.82) is 0 Å². The van der Waals surface area contributed by atoms with E-state index < -0.39 is 0 Å². The summed E-state index contributed by atoms with van der Waals surface area (Å²) in [6.07, 6.45) is 0. The molecule has 2 aromatic rings. The lowest BCUT2D eigenvalue weighted by Crippen LogP contribution is -2.12. The molecule has 5 heteroatoms. The Hall–Kier alpha value is -0.800. The van der Waals surface area contributed by atoms with Crippen LogP contribution in [0.4, 0.5) is 0 Å². The zero-order valence-electron chi connectivity index (χ0n) is 7.40. The molecule has 0 amide bonds. The SMILES string of the molecule is ClCC(Cl)Cn1nnc2ccccc21. The van der Waals surface area contributed by atoms with Crippen LogP contribution < -0.4 is 0 Å². The third kappa shape index (κ3) is 1.83. The Balaban J connectivity index is 2.33. The fraction of sp³-hybridized carbons (Fsp3) is 0.333. The maximum absolute atomic E-state index is 5.94. The van der Waals surface area contributed by atoms with E-state index in [1.807, 2.05) is 24.3 Å². The van der Waals surface area contributed by atoms with Crippen LogP contribution in [0.1, 0.15) is 0 Å². The highest BCUT2D eigenvalue weighted by molar-refractivity contribution is 6.28. The molecule has 0 spiro atoms. The molecule has 1 atom stereocenters. The first-order valence-electron chi connectivity index (χ1n) is 4.29. The van der Waals surface area contributed by atoms with Gasteiger partial charge in [-0.2, -0.15) is 0 Å². The van der Waals surface area contributed by atoms with Gasteiger partial charge >= 0.3 is 0 Å². The molecule has 3 nitrogen and oxygen atoms in total. The molecule has 0 N–H and O–H groups in total. The Morgan fingerprint density at radius 3 is 2.93 bits per heavy atom. The summed E-state index contributed by atoms with van der Waals surface area (Å²) in [7, 11) is 0. The normalized spacial score (nSPS) is 13.3. The maximum Gasteiger partial charge on any atom is 0.113 e. The Morgan fingerprint density at radius 1 is 1.36 bits per heavy atom. The number of hydrogen-bond acceptors (Lipinski definition) is 2. The van der Waals surface area contributed by atoms with Gasteiger partial charge in [0, 0.05) is 5.88 Å². The van der Waals surface area contributed by atoms with Crippen LogP contribution in [0.3, 0.4) is 0 Å². The molecular formula is C9H9Cl2N3. The Kier molecular flexibility index (Phi) is 2.89. The van der Waals surface area contributed by atoms with Gasteiger partial charge in [0.25, 0.3) is 0 Å². The molecule has 14 heavy (non-hydrogen) atoms. The summed E-state index contributed by atoms with van der Waals surface area (Å²) in [5.41, 5.74) is 1.87. The first-order valence-corrected chi connectivity index (χ1v) is 5.26. The van der Waals surface area contributed by atoms with Gasteiger partial charge in [0.1, 0.15) is 5.52 Å². The Labute approximate surface area is 91.6 Å². The van der Waals surface area contributed by atoms with Crippen molar-refractivity contribution >= 4 is 34.2 Å². The zero-order valence-corrected chi connectivity index (χ0v) is 8.91. The number of fused-ring (bicyclic) bond motifs is 1.